The Bertz CT molecular complexity index is 2270. The predicted octanol–water partition coefficient (Wildman–Crippen LogP) is 8.62. The number of esters is 1. The molecule has 11 nitrogen and oxygen atoms in total. The van der Waals surface area contributed by atoms with Gasteiger partial charge in [-0.25, -0.2) is 4.79 Å². The van der Waals surface area contributed by atoms with Crippen molar-refractivity contribution in [1.82, 2.24) is 0 Å². The number of aliphatic hydroxyl groups excluding tert-OH is 1. The van der Waals surface area contributed by atoms with Crippen LogP contribution in [0, 0.1) is 0 Å². The van der Waals surface area contributed by atoms with Crippen molar-refractivity contribution in [3.8, 4) is 0 Å². The average molecular weight is 881 g/mol. The number of benzene rings is 6. The second kappa shape index (κ2) is 23.6. The fraction of sp³-hybridized carbons (Fsp3) is 0.315. The molecule has 10 atom stereocenters. The maximum absolute atomic E-state index is 13.7. The zero-order valence-corrected chi connectivity index (χ0v) is 36.4. The van der Waals surface area contributed by atoms with Crippen LogP contribution in [0.25, 0.3) is 0 Å². The van der Waals surface area contributed by atoms with E-state index < -0.39 is 67.4 Å². The second-order valence-electron chi connectivity index (χ2n) is 16.2. The SMILES string of the molecule is C[C@H]1O[C@@H](OC[C@H]2O[C@H](O)[C@H](OCc3ccccc3)[C@@H](OCc3ccccc3)[C@@H]2OCc2ccccc2)[C@@H](OCc2ccccc2)[C@@H](OCc2ccccc2)[C@@H]1OC(=O)c1ccccc1. The maximum atomic E-state index is 13.7. The fourth-order valence-electron chi connectivity index (χ4n) is 8.02. The summed E-state index contributed by atoms with van der Waals surface area (Å²) in [6.07, 6.45) is -9.22. The molecule has 2 aliphatic rings. The summed E-state index contributed by atoms with van der Waals surface area (Å²) in [5.41, 5.74) is 5.04. The van der Waals surface area contributed by atoms with E-state index in [1.807, 2.05) is 165 Å². The molecular formula is C54H56O11. The van der Waals surface area contributed by atoms with Gasteiger partial charge in [-0.05, 0) is 46.9 Å². The van der Waals surface area contributed by atoms with Crippen LogP contribution in [0.4, 0.5) is 0 Å². The van der Waals surface area contributed by atoms with E-state index in [9.17, 15) is 9.90 Å². The first-order valence-corrected chi connectivity index (χ1v) is 22.1. The molecule has 0 aliphatic carbocycles. The molecule has 0 amide bonds. The van der Waals surface area contributed by atoms with Crippen molar-refractivity contribution >= 4 is 5.97 Å². The standard InChI is InChI=1S/C54H56O11/c1-38-46(65-52(55)44-30-18-7-19-31-44)48(58-33-40-22-10-3-11-23-40)51(61-36-43-28-16-6-17-29-43)54(63-38)62-37-45-47(57-32-39-20-8-2-9-21-39)49(59-34-41-24-12-4-13-25-41)50(53(56)64-45)60-35-42-26-14-5-15-27-42/h2-31,38,45-51,53-54,56H,32-37H2,1H3/t38-,45-,46-,47-,48+,49+,50-,51+,53+,54-/m1/s1. The normalized spacial score (nSPS) is 25.4. The molecule has 1 N–H and O–H groups in total. The molecule has 0 spiro atoms. The number of ether oxygens (including phenoxy) is 9. The van der Waals surface area contributed by atoms with Crippen LogP contribution in [-0.4, -0.2) is 79.1 Å². The van der Waals surface area contributed by atoms with Gasteiger partial charge in [-0.2, -0.15) is 0 Å². The summed E-state index contributed by atoms with van der Waals surface area (Å²) >= 11 is 0. The van der Waals surface area contributed by atoms with Gasteiger partial charge in [-0.1, -0.05) is 170 Å². The highest BCUT2D eigenvalue weighted by molar-refractivity contribution is 5.89. The Balaban J connectivity index is 1.09. The molecule has 11 heteroatoms. The van der Waals surface area contributed by atoms with Crippen LogP contribution < -0.4 is 0 Å². The minimum atomic E-state index is -1.41. The molecule has 0 aromatic heterocycles. The molecule has 0 bridgehead atoms. The minimum Gasteiger partial charge on any atom is -0.453 e. The molecular weight excluding hydrogens is 825 g/mol. The summed E-state index contributed by atoms with van der Waals surface area (Å²) in [5.74, 6) is -0.519. The van der Waals surface area contributed by atoms with Crippen LogP contribution >= 0.6 is 0 Å². The summed E-state index contributed by atoms with van der Waals surface area (Å²) < 4.78 is 59.3. The van der Waals surface area contributed by atoms with Crippen molar-refractivity contribution in [3.63, 3.8) is 0 Å². The van der Waals surface area contributed by atoms with Gasteiger partial charge in [0.15, 0.2) is 18.7 Å². The third-order valence-electron chi connectivity index (χ3n) is 11.4. The second-order valence-corrected chi connectivity index (χ2v) is 16.2. The smallest absolute Gasteiger partial charge is 0.338 e. The van der Waals surface area contributed by atoms with Crippen molar-refractivity contribution in [2.75, 3.05) is 6.61 Å². The van der Waals surface area contributed by atoms with Crippen LogP contribution in [0.2, 0.25) is 0 Å². The molecule has 6 aromatic carbocycles. The summed E-state index contributed by atoms with van der Waals surface area (Å²) in [6, 6.07) is 57.7. The van der Waals surface area contributed by atoms with E-state index in [0.29, 0.717) is 5.56 Å². The van der Waals surface area contributed by atoms with Crippen molar-refractivity contribution in [2.24, 2.45) is 0 Å². The van der Waals surface area contributed by atoms with E-state index in [1.54, 1.807) is 24.3 Å². The van der Waals surface area contributed by atoms with Gasteiger partial charge in [0.05, 0.1) is 51.3 Å². The Hall–Kier alpha value is -5.57. The average Bonchev–Trinajstić information content (AvgIpc) is 3.36. The molecule has 2 heterocycles. The van der Waals surface area contributed by atoms with Gasteiger partial charge < -0.3 is 47.7 Å². The molecule has 6 aromatic rings. The van der Waals surface area contributed by atoms with Gasteiger partial charge in [0.1, 0.15) is 36.6 Å². The lowest BCUT2D eigenvalue weighted by Crippen LogP contribution is -2.63. The van der Waals surface area contributed by atoms with Gasteiger partial charge in [0, 0.05) is 0 Å². The number of carbonyl (C=O) groups is 1. The summed E-state index contributed by atoms with van der Waals surface area (Å²) in [4.78, 5) is 13.7. The number of hydrogen-bond acceptors (Lipinski definition) is 11. The zero-order chi connectivity index (χ0) is 44.6. The topological polar surface area (TPSA) is 120 Å². The molecule has 0 radical (unpaired) electrons. The lowest BCUT2D eigenvalue weighted by atomic mass is 9.97. The van der Waals surface area contributed by atoms with Crippen molar-refractivity contribution in [2.45, 2.75) is 101 Å². The number of hydrogen-bond donors (Lipinski definition) is 1. The number of rotatable bonds is 20. The number of carbonyl (C=O) groups excluding carboxylic acids is 1. The molecule has 2 aliphatic heterocycles. The highest BCUT2D eigenvalue weighted by Gasteiger charge is 2.51. The molecule has 338 valence electrons. The molecule has 2 fully saturated rings. The highest BCUT2D eigenvalue weighted by Crippen LogP contribution is 2.34. The predicted molar refractivity (Wildman–Crippen MR) is 242 cm³/mol. The van der Waals surface area contributed by atoms with E-state index >= 15 is 0 Å². The van der Waals surface area contributed by atoms with Gasteiger partial charge in [0.25, 0.3) is 0 Å². The van der Waals surface area contributed by atoms with Crippen LogP contribution in [0.5, 0.6) is 0 Å². The Morgan fingerprint density at radius 3 is 1.22 bits per heavy atom. The third kappa shape index (κ3) is 12.8. The van der Waals surface area contributed by atoms with Crippen molar-refractivity contribution in [1.29, 1.82) is 0 Å². The molecule has 2 saturated heterocycles. The molecule has 8 rings (SSSR count). The Morgan fingerprint density at radius 2 is 0.785 bits per heavy atom. The largest absolute Gasteiger partial charge is 0.453 e. The summed E-state index contributed by atoms with van der Waals surface area (Å²) in [5, 5.41) is 11.8. The molecule has 65 heavy (non-hydrogen) atoms. The zero-order valence-electron chi connectivity index (χ0n) is 36.4. The van der Waals surface area contributed by atoms with E-state index in [-0.39, 0.29) is 39.6 Å². The summed E-state index contributed by atoms with van der Waals surface area (Å²) in [6.45, 7) is 2.75. The van der Waals surface area contributed by atoms with Gasteiger partial charge >= 0.3 is 5.97 Å². The van der Waals surface area contributed by atoms with Crippen LogP contribution in [0.1, 0.15) is 45.1 Å². The first-order chi connectivity index (χ1) is 32.0. The fourth-order valence-corrected chi connectivity index (χ4v) is 8.02. The Kier molecular flexibility index (Phi) is 16.7. The Morgan fingerprint density at radius 1 is 0.431 bits per heavy atom. The van der Waals surface area contributed by atoms with Gasteiger partial charge in [0.2, 0.25) is 0 Å². The first-order valence-electron chi connectivity index (χ1n) is 22.1. The van der Waals surface area contributed by atoms with Crippen LogP contribution in [-0.2, 0) is 75.7 Å². The van der Waals surface area contributed by atoms with Gasteiger partial charge in [-0.15, -0.1) is 0 Å². The lowest BCUT2D eigenvalue weighted by Gasteiger charge is -2.46. The number of aliphatic hydroxyl groups is 1. The van der Waals surface area contributed by atoms with E-state index in [4.69, 9.17) is 42.6 Å². The molecule has 0 unspecified atom stereocenters. The Labute approximate surface area is 380 Å². The van der Waals surface area contributed by atoms with Crippen molar-refractivity contribution in [3.05, 3.63) is 215 Å². The van der Waals surface area contributed by atoms with E-state index in [0.717, 1.165) is 27.8 Å². The minimum absolute atomic E-state index is 0.115. The van der Waals surface area contributed by atoms with Crippen molar-refractivity contribution < 1.29 is 52.5 Å². The molecule has 0 saturated carbocycles. The summed E-state index contributed by atoms with van der Waals surface area (Å²) in [7, 11) is 0. The van der Waals surface area contributed by atoms with E-state index in [1.165, 1.54) is 0 Å². The quantitative estimate of drug-likeness (QED) is 0.0743. The third-order valence-corrected chi connectivity index (χ3v) is 11.4. The lowest BCUT2D eigenvalue weighted by molar-refractivity contribution is -0.341. The first kappa shape index (κ1) is 46.0. The van der Waals surface area contributed by atoms with Gasteiger partial charge in [-0.3, -0.25) is 0 Å². The highest BCUT2D eigenvalue weighted by atomic mass is 16.7. The van der Waals surface area contributed by atoms with Crippen LogP contribution in [0.3, 0.4) is 0 Å². The van der Waals surface area contributed by atoms with Crippen LogP contribution in [0.15, 0.2) is 182 Å². The maximum Gasteiger partial charge on any atom is 0.338 e. The van der Waals surface area contributed by atoms with E-state index in [2.05, 4.69) is 0 Å². The monoisotopic (exact) mass is 880 g/mol.